The van der Waals surface area contributed by atoms with Crippen LogP contribution in [0.4, 0.5) is 5.69 Å². The molecule has 0 N–H and O–H groups in total. The van der Waals surface area contributed by atoms with Crippen LogP contribution in [-0.2, 0) is 6.54 Å². The second-order valence-electron chi connectivity index (χ2n) is 8.17. The van der Waals surface area contributed by atoms with Crippen LogP contribution in [0.2, 0.25) is 0 Å². The first-order chi connectivity index (χ1) is 10.5. The van der Waals surface area contributed by atoms with Crippen LogP contribution in [0.3, 0.4) is 0 Å². The highest BCUT2D eigenvalue weighted by Gasteiger charge is 2.50. The molecule has 5 nitrogen and oxygen atoms in total. The minimum absolute atomic E-state index is 0.200. The molecule has 4 saturated carbocycles. The first kappa shape index (κ1) is 14.2. The van der Waals surface area contributed by atoms with E-state index in [1.165, 1.54) is 38.5 Å². The van der Waals surface area contributed by atoms with E-state index < -0.39 is 0 Å². The standard InChI is InChI=1S/C17H25N3O2/c1-11-16(20(21)22)12(2)19(18-11)4-3-17-8-13-5-14(9-17)7-15(6-13)10-17/h13-15H,3-10H2,1-2H3. The van der Waals surface area contributed by atoms with Gasteiger partial charge in [-0.3, -0.25) is 14.8 Å². The summed E-state index contributed by atoms with van der Waals surface area (Å²) in [7, 11) is 0. The summed E-state index contributed by atoms with van der Waals surface area (Å²) in [6.07, 6.45) is 9.71. The highest BCUT2D eigenvalue weighted by Crippen LogP contribution is 2.61. The Labute approximate surface area is 131 Å². The van der Waals surface area contributed by atoms with Crippen LogP contribution in [0.5, 0.6) is 0 Å². The number of nitro groups is 1. The summed E-state index contributed by atoms with van der Waals surface area (Å²) in [5.74, 6) is 2.88. The lowest BCUT2D eigenvalue weighted by atomic mass is 9.49. The van der Waals surface area contributed by atoms with Gasteiger partial charge in [0.15, 0.2) is 0 Å². The number of hydrogen-bond donors (Lipinski definition) is 0. The summed E-state index contributed by atoms with van der Waals surface area (Å²) >= 11 is 0. The van der Waals surface area contributed by atoms with E-state index in [-0.39, 0.29) is 10.6 Å². The average Bonchev–Trinajstić information content (AvgIpc) is 2.69. The van der Waals surface area contributed by atoms with E-state index >= 15 is 0 Å². The van der Waals surface area contributed by atoms with Gasteiger partial charge in [0.25, 0.3) is 0 Å². The number of hydrogen-bond acceptors (Lipinski definition) is 3. The third kappa shape index (κ3) is 2.17. The predicted molar refractivity (Wildman–Crippen MR) is 83.6 cm³/mol. The first-order valence-electron chi connectivity index (χ1n) is 8.64. The Bertz CT molecular complexity index is 584. The second-order valence-corrected chi connectivity index (χ2v) is 8.17. The molecule has 4 aliphatic carbocycles. The van der Waals surface area contributed by atoms with Gasteiger partial charge in [0.05, 0.1) is 4.92 Å². The fraction of sp³-hybridized carbons (Fsp3) is 0.824. The van der Waals surface area contributed by atoms with Crippen LogP contribution in [0.15, 0.2) is 0 Å². The fourth-order valence-corrected chi connectivity index (χ4v) is 6.11. The van der Waals surface area contributed by atoms with Gasteiger partial charge in [-0.05, 0) is 82.0 Å². The predicted octanol–water partition coefficient (Wildman–Crippen LogP) is 4.01. The highest BCUT2D eigenvalue weighted by atomic mass is 16.6. The largest absolute Gasteiger partial charge is 0.312 e. The Morgan fingerprint density at radius 2 is 1.73 bits per heavy atom. The van der Waals surface area contributed by atoms with Crippen LogP contribution in [0.25, 0.3) is 0 Å². The summed E-state index contributed by atoms with van der Waals surface area (Å²) in [4.78, 5) is 10.8. The van der Waals surface area contributed by atoms with Crippen molar-refractivity contribution in [1.82, 2.24) is 9.78 Å². The van der Waals surface area contributed by atoms with Crippen molar-refractivity contribution >= 4 is 5.69 Å². The summed E-state index contributed by atoms with van der Waals surface area (Å²) in [6, 6.07) is 0. The molecule has 4 fully saturated rings. The molecule has 0 aromatic carbocycles. The van der Waals surface area contributed by atoms with E-state index in [4.69, 9.17) is 0 Å². The third-order valence-corrected chi connectivity index (χ3v) is 6.54. The minimum atomic E-state index is -0.293. The zero-order chi connectivity index (χ0) is 15.5. The molecule has 5 rings (SSSR count). The molecule has 4 aliphatic rings. The van der Waals surface area contributed by atoms with Gasteiger partial charge in [-0.25, -0.2) is 0 Å². The van der Waals surface area contributed by atoms with Crippen molar-refractivity contribution in [1.29, 1.82) is 0 Å². The van der Waals surface area contributed by atoms with Crippen molar-refractivity contribution in [3.05, 3.63) is 21.5 Å². The molecule has 1 aromatic rings. The molecule has 0 amide bonds. The van der Waals surface area contributed by atoms with Crippen LogP contribution in [0, 0.1) is 47.1 Å². The molecule has 0 unspecified atom stereocenters. The molecule has 0 aliphatic heterocycles. The maximum atomic E-state index is 11.1. The first-order valence-corrected chi connectivity index (χ1v) is 8.64. The Morgan fingerprint density at radius 1 is 1.18 bits per heavy atom. The Morgan fingerprint density at radius 3 is 2.18 bits per heavy atom. The normalized spacial score (nSPS) is 36.0. The summed E-state index contributed by atoms with van der Waals surface area (Å²) in [5.41, 5.74) is 1.97. The van der Waals surface area contributed by atoms with Crippen LogP contribution < -0.4 is 0 Å². The molecule has 4 bridgehead atoms. The summed E-state index contributed by atoms with van der Waals surface area (Å²) in [5, 5.41) is 15.6. The molecular formula is C17H25N3O2. The van der Waals surface area contributed by atoms with Gasteiger partial charge in [-0.15, -0.1) is 0 Å². The Hall–Kier alpha value is -1.39. The molecule has 22 heavy (non-hydrogen) atoms. The Kier molecular flexibility index (Phi) is 3.10. The molecule has 5 heteroatoms. The third-order valence-electron chi connectivity index (χ3n) is 6.54. The highest BCUT2D eigenvalue weighted by molar-refractivity contribution is 5.39. The smallest absolute Gasteiger partial charge is 0.262 e. The van der Waals surface area contributed by atoms with Gasteiger partial charge in [0, 0.05) is 6.54 Å². The van der Waals surface area contributed by atoms with E-state index in [1.54, 1.807) is 6.92 Å². The van der Waals surface area contributed by atoms with Crippen LogP contribution >= 0.6 is 0 Å². The van der Waals surface area contributed by atoms with Gasteiger partial charge in [0.2, 0.25) is 0 Å². The number of rotatable bonds is 4. The monoisotopic (exact) mass is 303 g/mol. The molecule has 0 atom stereocenters. The zero-order valence-electron chi connectivity index (χ0n) is 13.5. The lowest BCUT2D eigenvalue weighted by Gasteiger charge is -2.57. The summed E-state index contributed by atoms with van der Waals surface area (Å²) in [6.45, 7) is 4.41. The van der Waals surface area contributed by atoms with E-state index in [9.17, 15) is 10.1 Å². The maximum Gasteiger partial charge on any atom is 0.312 e. The van der Waals surface area contributed by atoms with Crippen molar-refractivity contribution in [3.8, 4) is 0 Å². The van der Waals surface area contributed by atoms with Gasteiger partial charge < -0.3 is 0 Å². The van der Waals surface area contributed by atoms with E-state index in [0.29, 0.717) is 16.8 Å². The number of nitrogens with zero attached hydrogens (tertiary/aromatic N) is 3. The van der Waals surface area contributed by atoms with E-state index in [1.807, 2.05) is 11.6 Å². The van der Waals surface area contributed by atoms with Crippen molar-refractivity contribution in [3.63, 3.8) is 0 Å². The topological polar surface area (TPSA) is 61.0 Å². The molecule has 0 radical (unpaired) electrons. The SMILES string of the molecule is Cc1nn(CCC23CC4CC(CC(C4)C2)C3)c(C)c1[N+](=O)[O-]. The van der Waals surface area contributed by atoms with E-state index in [0.717, 1.165) is 30.7 Å². The van der Waals surface area contributed by atoms with E-state index in [2.05, 4.69) is 5.10 Å². The molecule has 120 valence electrons. The van der Waals surface area contributed by atoms with Crippen molar-refractivity contribution in [2.75, 3.05) is 0 Å². The van der Waals surface area contributed by atoms with Crippen molar-refractivity contribution < 1.29 is 4.92 Å². The lowest BCUT2D eigenvalue weighted by molar-refractivity contribution is -0.386. The molecule has 0 spiro atoms. The molecule has 1 aromatic heterocycles. The van der Waals surface area contributed by atoms with Crippen molar-refractivity contribution in [2.24, 2.45) is 23.2 Å². The fourth-order valence-electron chi connectivity index (χ4n) is 6.11. The maximum absolute atomic E-state index is 11.1. The van der Waals surface area contributed by atoms with Gasteiger partial charge in [-0.2, -0.15) is 5.10 Å². The van der Waals surface area contributed by atoms with Gasteiger partial charge >= 0.3 is 5.69 Å². The number of aryl methyl sites for hydroxylation is 2. The molecule has 1 heterocycles. The molecule has 0 saturated heterocycles. The average molecular weight is 303 g/mol. The second kappa shape index (κ2) is 4.80. The number of aromatic nitrogens is 2. The summed E-state index contributed by atoms with van der Waals surface area (Å²) < 4.78 is 1.88. The van der Waals surface area contributed by atoms with Gasteiger partial charge in [0.1, 0.15) is 11.4 Å². The van der Waals surface area contributed by atoms with Crippen LogP contribution in [-0.4, -0.2) is 14.7 Å². The van der Waals surface area contributed by atoms with Crippen LogP contribution in [0.1, 0.15) is 56.3 Å². The lowest BCUT2D eigenvalue weighted by Crippen LogP contribution is -2.46. The van der Waals surface area contributed by atoms with Gasteiger partial charge in [-0.1, -0.05) is 0 Å². The van der Waals surface area contributed by atoms with Crippen molar-refractivity contribution in [2.45, 2.75) is 65.3 Å². The minimum Gasteiger partial charge on any atom is -0.262 e. The Balaban J connectivity index is 1.51. The zero-order valence-corrected chi connectivity index (χ0v) is 13.5. The molecular weight excluding hydrogens is 278 g/mol. The quantitative estimate of drug-likeness (QED) is 0.623.